The highest BCUT2D eigenvalue weighted by Crippen LogP contribution is 2.20. The van der Waals surface area contributed by atoms with E-state index < -0.39 is 5.92 Å². The molecule has 7 nitrogen and oxygen atoms in total. The SMILES string of the molecule is C=CCCC(=O)OCCNC(=O)[C@H](CC=C)CC(=O)N1CCC[C@H]1CO. The molecule has 0 aromatic heterocycles. The second kappa shape index (κ2) is 12.2. The van der Waals surface area contributed by atoms with Gasteiger partial charge in [0.1, 0.15) is 6.61 Å². The maximum absolute atomic E-state index is 12.4. The Hall–Kier alpha value is -2.15. The van der Waals surface area contributed by atoms with Crippen molar-refractivity contribution in [1.29, 1.82) is 0 Å². The number of nitrogens with one attached hydrogen (secondary N) is 1. The lowest BCUT2D eigenvalue weighted by Gasteiger charge is -2.25. The number of esters is 1. The average molecular weight is 366 g/mol. The van der Waals surface area contributed by atoms with Crippen LogP contribution in [0.25, 0.3) is 0 Å². The Morgan fingerprint density at radius 1 is 1.31 bits per heavy atom. The van der Waals surface area contributed by atoms with E-state index in [9.17, 15) is 19.5 Å². The van der Waals surface area contributed by atoms with Gasteiger partial charge in [-0.1, -0.05) is 12.2 Å². The van der Waals surface area contributed by atoms with Crippen molar-refractivity contribution in [2.24, 2.45) is 5.92 Å². The van der Waals surface area contributed by atoms with Gasteiger partial charge >= 0.3 is 5.97 Å². The molecule has 0 bridgehead atoms. The van der Waals surface area contributed by atoms with Crippen LogP contribution in [0.2, 0.25) is 0 Å². The fourth-order valence-electron chi connectivity index (χ4n) is 2.94. The summed E-state index contributed by atoms with van der Waals surface area (Å²) in [5, 5.41) is 12.0. The summed E-state index contributed by atoms with van der Waals surface area (Å²) in [6.07, 6.45) is 6.20. The van der Waals surface area contributed by atoms with E-state index in [-0.39, 0.29) is 56.4 Å². The molecule has 146 valence electrons. The first-order chi connectivity index (χ1) is 12.5. The highest BCUT2D eigenvalue weighted by Gasteiger charge is 2.30. The minimum Gasteiger partial charge on any atom is -0.464 e. The largest absolute Gasteiger partial charge is 0.464 e. The molecule has 0 unspecified atom stereocenters. The smallest absolute Gasteiger partial charge is 0.306 e. The zero-order valence-electron chi connectivity index (χ0n) is 15.3. The van der Waals surface area contributed by atoms with E-state index in [1.165, 1.54) is 0 Å². The van der Waals surface area contributed by atoms with Crippen LogP contribution in [0, 0.1) is 5.92 Å². The molecule has 1 rings (SSSR count). The maximum Gasteiger partial charge on any atom is 0.306 e. The van der Waals surface area contributed by atoms with Crippen molar-refractivity contribution in [2.45, 2.75) is 44.6 Å². The fourth-order valence-corrected chi connectivity index (χ4v) is 2.94. The summed E-state index contributed by atoms with van der Waals surface area (Å²) in [4.78, 5) is 37.8. The van der Waals surface area contributed by atoms with Gasteiger partial charge in [0, 0.05) is 19.4 Å². The van der Waals surface area contributed by atoms with Gasteiger partial charge in [-0.05, 0) is 25.7 Å². The zero-order valence-corrected chi connectivity index (χ0v) is 15.3. The Morgan fingerprint density at radius 2 is 2.08 bits per heavy atom. The molecule has 0 aromatic carbocycles. The number of rotatable bonds is 12. The molecular formula is C19H30N2O5. The molecule has 26 heavy (non-hydrogen) atoms. The number of allylic oxidation sites excluding steroid dienone is 2. The molecule has 0 radical (unpaired) electrons. The van der Waals surface area contributed by atoms with Gasteiger partial charge in [0.15, 0.2) is 0 Å². The molecule has 0 aliphatic carbocycles. The van der Waals surface area contributed by atoms with Crippen LogP contribution in [0.1, 0.15) is 38.5 Å². The number of nitrogens with zero attached hydrogens (tertiary/aromatic N) is 1. The normalized spacial score (nSPS) is 17.4. The number of hydrogen-bond acceptors (Lipinski definition) is 5. The third-order valence-electron chi connectivity index (χ3n) is 4.37. The van der Waals surface area contributed by atoms with Crippen molar-refractivity contribution in [3.05, 3.63) is 25.3 Å². The third-order valence-corrected chi connectivity index (χ3v) is 4.37. The van der Waals surface area contributed by atoms with Crippen LogP contribution >= 0.6 is 0 Å². The molecule has 2 atom stereocenters. The molecule has 1 saturated heterocycles. The molecule has 1 heterocycles. The number of hydrogen-bond donors (Lipinski definition) is 2. The van der Waals surface area contributed by atoms with E-state index in [2.05, 4.69) is 18.5 Å². The number of likely N-dealkylation sites (tertiary alicyclic amines) is 1. The van der Waals surface area contributed by atoms with Gasteiger partial charge in [0.25, 0.3) is 0 Å². The van der Waals surface area contributed by atoms with E-state index >= 15 is 0 Å². The minimum absolute atomic E-state index is 0.0543. The third kappa shape index (κ3) is 7.39. The Balaban J connectivity index is 2.41. The van der Waals surface area contributed by atoms with E-state index in [0.717, 1.165) is 12.8 Å². The average Bonchev–Trinajstić information content (AvgIpc) is 3.11. The van der Waals surface area contributed by atoms with E-state index in [0.29, 0.717) is 19.4 Å². The fraction of sp³-hybridized carbons (Fsp3) is 0.632. The predicted molar refractivity (Wildman–Crippen MR) is 98.1 cm³/mol. The first-order valence-corrected chi connectivity index (χ1v) is 9.08. The zero-order chi connectivity index (χ0) is 19.4. The second-order valence-electron chi connectivity index (χ2n) is 6.33. The first kappa shape index (κ1) is 21.9. The summed E-state index contributed by atoms with van der Waals surface area (Å²) < 4.78 is 5.00. The molecule has 7 heteroatoms. The van der Waals surface area contributed by atoms with Gasteiger partial charge in [-0.2, -0.15) is 0 Å². The van der Waals surface area contributed by atoms with Gasteiger partial charge in [-0.15, -0.1) is 13.2 Å². The molecule has 2 N–H and O–H groups in total. The van der Waals surface area contributed by atoms with E-state index in [1.54, 1.807) is 17.1 Å². The number of amides is 2. The van der Waals surface area contributed by atoms with Crippen LogP contribution in [0.15, 0.2) is 25.3 Å². The lowest BCUT2D eigenvalue weighted by atomic mass is 9.99. The highest BCUT2D eigenvalue weighted by atomic mass is 16.5. The molecular weight excluding hydrogens is 336 g/mol. The van der Waals surface area contributed by atoms with Gasteiger partial charge < -0.3 is 20.1 Å². The van der Waals surface area contributed by atoms with Crippen molar-refractivity contribution >= 4 is 17.8 Å². The molecule has 0 aromatic rings. The first-order valence-electron chi connectivity index (χ1n) is 9.08. The van der Waals surface area contributed by atoms with Crippen LogP contribution < -0.4 is 5.32 Å². The molecule has 0 spiro atoms. The second-order valence-corrected chi connectivity index (χ2v) is 6.33. The predicted octanol–water partition coefficient (Wildman–Crippen LogP) is 1.18. The van der Waals surface area contributed by atoms with E-state index in [1.807, 2.05) is 0 Å². The molecule has 1 fully saturated rings. The summed E-state index contributed by atoms with van der Waals surface area (Å²) >= 11 is 0. The summed E-state index contributed by atoms with van der Waals surface area (Å²) in [7, 11) is 0. The van der Waals surface area contributed by atoms with Crippen molar-refractivity contribution in [1.82, 2.24) is 10.2 Å². The van der Waals surface area contributed by atoms with Crippen molar-refractivity contribution in [3.63, 3.8) is 0 Å². The molecule has 1 aliphatic rings. The standard InChI is InChI=1S/C19H30N2O5/c1-3-5-9-18(24)26-12-10-20-19(25)15(7-4-2)13-17(23)21-11-6-8-16(21)14-22/h3-4,15-16,22H,1-2,5-14H2,(H,20,25)/t15-,16+/m1/s1. The maximum atomic E-state index is 12.4. The number of ether oxygens (including phenoxy) is 1. The van der Waals surface area contributed by atoms with Gasteiger partial charge in [0.2, 0.25) is 11.8 Å². The summed E-state index contributed by atoms with van der Waals surface area (Å²) in [5.74, 6) is -1.24. The quantitative estimate of drug-likeness (QED) is 0.307. The Morgan fingerprint density at radius 3 is 2.73 bits per heavy atom. The van der Waals surface area contributed by atoms with Crippen molar-refractivity contribution in [3.8, 4) is 0 Å². The number of aliphatic hydroxyl groups is 1. The van der Waals surface area contributed by atoms with Crippen molar-refractivity contribution < 1.29 is 24.2 Å². The van der Waals surface area contributed by atoms with Gasteiger partial charge in [0.05, 0.1) is 25.1 Å². The summed E-state index contributed by atoms with van der Waals surface area (Å²) in [6.45, 7) is 8.03. The lowest BCUT2D eigenvalue weighted by Crippen LogP contribution is -2.41. The van der Waals surface area contributed by atoms with Crippen LogP contribution in [0.3, 0.4) is 0 Å². The number of aliphatic hydroxyl groups excluding tert-OH is 1. The number of carbonyl (C=O) groups is 3. The molecule has 0 saturated carbocycles. The Kier molecular flexibility index (Phi) is 10.3. The van der Waals surface area contributed by atoms with Crippen LogP contribution in [-0.2, 0) is 19.1 Å². The van der Waals surface area contributed by atoms with Crippen LogP contribution in [0.4, 0.5) is 0 Å². The Bertz CT molecular complexity index is 506. The van der Waals surface area contributed by atoms with Crippen LogP contribution in [0.5, 0.6) is 0 Å². The monoisotopic (exact) mass is 366 g/mol. The number of carbonyl (C=O) groups excluding carboxylic acids is 3. The van der Waals surface area contributed by atoms with Gasteiger partial charge in [-0.25, -0.2) is 0 Å². The minimum atomic E-state index is -0.517. The van der Waals surface area contributed by atoms with Crippen LogP contribution in [-0.4, -0.2) is 60.1 Å². The summed E-state index contributed by atoms with van der Waals surface area (Å²) in [6, 6.07) is -0.148. The Labute approximate surface area is 155 Å². The van der Waals surface area contributed by atoms with Gasteiger partial charge in [-0.3, -0.25) is 14.4 Å². The molecule has 2 amide bonds. The molecule has 1 aliphatic heterocycles. The summed E-state index contributed by atoms with van der Waals surface area (Å²) in [5.41, 5.74) is 0. The lowest BCUT2D eigenvalue weighted by molar-refractivity contribution is -0.144. The topological polar surface area (TPSA) is 95.9 Å². The highest BCUT2D eigenvalue weighted by molar-refractivity contribution is 5.86. The van der Waals surface area contributed by atoms with E-state index in [4.69, 9.17) is 4.74 Å². The van der Waals surface area contributed by atoms with Crippen molar-refractivity contribution in [2.75, 3.05) is 26.3 Å².